The van der Waals surface area contributed by atoms with Gasteiger partial charge in [0.25, 0.3) is 0 Å². The van der Waals surface area contributed by atoms with Crippen molar-refractivity contribution in [2.24, 2.45) is 0 Å². The molecule has 1 atom stereocenters. The summed E-state index contributed by atoms with van der Waals surface area (Å²) in [5.74, 6) is -1.59. The van der Waals surface area contributed by atoms with Gasteiger partial charge in [-0.1, -0.05) is 72.8 Å². The van der Waals surface area contributed by atoms with Gasteiger partial charge < -0.3 is 9.47 Å². The summed E-state index contributed by atoms with van der Waals surface area (Å²) in [7, 11) is 0. The van der Waals surface area contributed by atoms with Crippen LogP contribution in [0, 0.1) is 0 Å². The topological polar surface area (TPSA) is 69.7 Å². The first-order valence-electron chi connectivity index (χ1n) is 8.69. The Morgan fingerprint density at radius 1 is 0.750 bits per heavy atom. The van der Waals surface area contributed by atoms with Gasteiger partial charge in [0.1, 0.15) is 5.75 Å². The van der Waals surface area contributed by atoms with Crippen LogP contribution in [0.1, 0.15) is 34.5 Å². The van der Waals surface area contributed by atoms with E-state index in [0.29, 0.717) is 16.7 Å². The number of para-hydroxylation sites is 1. The van der Waals surface area contributed by atoms with E-state index in [2.05, 4.69) is 0 Å². The molecule has 3 aromatic rings. The average molecular weight is 374 g/mol. The van der Waals surface area contributed by atoms with E-state index >= 15 is 0 Å². The summed E-state index contributed by atoms with van der Waals surface area (Å²) < 4.78 is 10.6. The van der Waals surface area contributed by atoms with Crippen LogP contribution in [0.5, 0.6) is 5.75 Å². The highest BCUT2D eigenvalue weighted by Crippen LogP contribution is 2.28. The second-order valence-corrected chi connectivity index (χ2v) is 6.01. The number of ketones is 1. The van der Waals surface area contributed by atoms with Gasteiger partial charge in [-0.3, -0.25) is 9.59 Å². The molecule has 0 saturated carbocycles. The molecule has 0 aliphatic rings. The van der Waals surface area contributed by atoms with Gasteiger partial charge in [0.2, 0.25) is 6.10 Å². The lowest BCUT2D eigenvalue weighted by atomic mass is 10.0. The fourth-order valence-corrected chi connectivity index (χ4v) is 2.70. The van der Waals surface area contributed by atoms with Crippen molar-refractivity contribution in [3.8, 4) is 5.75 Å². The second kappa shape index (κ2) is 8.77. The Morgan fingerprint density at radius 2 is 1.32 bits per heavy atom. The van der Waals surface area contributed by atoms with E-state index in [1.807, 2.05) is 6.07 Å². The molecule has 0 aromatic heterocycles. The van der Waals surface area contributed by atoms with Gasteiger partial charge in [0, 0.05) is 18.1 Å². The van der Waals surface area contributed by atoms with Crippen molar-refractivity contribution in [3.63, 3.8) is 0 Å². The Hall–Kier alpha value is -3.73. The Balaban J connectivity index is 1.96. The number of carbonyl (C=O) groups excluding carboxylic acids is 3. The SMILES string of the molecule is CC(=O)OC(=O)C(Oc1ccccc1C(=O)c1ccccc1)c1ccccc1. The quantitative estimate of drug-likeness (QED) is 0.369. The summed E-state index contributed by atoms with van der Waals surface area (Å²) in [4.78, 5) is 36.6. The van der Waals surface area contributed by atoms with Crippen molar-refractivity contribution in [1.29, 1.82) is 0 Å². The van der Waals surface area contributed by atoms with Crippen LogP contribution in [0.15, 0.2) is 84.9 Å². The van der Waals surface area contributed by atoms with Crippen LogP contribution in [0.4, 0.5) is 0 Å². The standard InChI is InChI=1S/C23H18O5/c1-16(24)27-23(26)22(18-12-6-3-7-13-18)28-20-15-9-8-14-19(20)21(25)17-10-4-2-5-11-17/h2-15,22H,1H3. The molecule has 0 fully saturated rings. The smallest absolute Gasteiger partial charge is 0.359 e. The molecular weight excluding hydrogens is 356 g/mol. The molecule has 0 radical (unpaired) electrons. The van der Waals surface area contributed by atoms with Crippen LogP contribution in [0.3, 0.4) is 0 Å². The zero-order valence-corrected chi connectivity index (χ0v) is 15.2. The molecule has 0 amide bonds. The van der Waals surface area contributed by atoms with Crippen molar-refractivity contribution < 1.29 is 23.9 Å². The summed E-state index contributed by atoms with van der Waals surface area (Å²) in [6.45, 7) is 1.15. The first-order valence-corrected chi connectivity index (χ1v) is 8.69. The van der Waals surface area contributed by atoms with E-state index in [0.717, 1.165) is 6.92 Å². The fraction of sp³-hybridized carbons (Fsp3) is 0.0870. The minimum atomic E-state index is -1.19. The molecule has 1 unspecified atom stereocenters. The van der Waals surface area contributed by atoms with E-state index in [1.165, 1.54) is 0 Å². The second-order valence-electron chi connectivity index (χ2n) is 6.01. The van der Waals surface area contributed by atoms with Gasteiger partial charge in [-0.25, -0.2) is 4.79 Å². The van der Waals surface area contributed by atoms with E-state index in [-0.39, 0.29) is 11.5 Å². The first kappa shape index (κ1) is 19.0. The van der Waals surface area contributed by atoms with Crippen LogP contribution in [-0.2, 0) is 14.3 Å². The third-order valence-electron chi connectivity index (χ3n) is 3.97. The third kappa shape index (κ3) is 4.51. The first-order chi connectivity index (χ1) is 13.6. The van der Waals surface area contributed by atoms with Gasteiger partial charge in [-0.15, -0.1) is 0 Å². The minimum absolute atomic E-state index is 0.228. The maximum atomic E-state index is 12.9. The number of benzene rings is 3. The zero-order valence-electron chi connectivity index (χ0n) is 15.2. The van der Waals surface area contributed by atoms with E-state index in [4.69, 9.17) is 9.47 Å². The number of hydrogen-bond donors (Lipinski definition) is 0. The van der Waals surface area contributed by atoms with Crippen molar-refractivity contribution in [2.45, 2.75) is 13.0 Å². The molecule has 0 aliphatic carbocycles. The maximum Gasteiger partial charge on any atom is 0.359 e. The van der Waals surface area contributed by atoms with Gasteiger partial charge in [0.15, 0.2) is 5.78 Å². The Bertz CT molecular complexity index is 980. The van der Waals surface area contributed by atoms with Gasteiger partial charge in [0.05, 0.1) is 5.56 Å². The number of hydrogen-bond acceptors (Lipinski definition) is 5. The number of carbonyl (C=O) groups is 3. The lowest BCUT2D eigenvalue weighted by Crippen LogP contribution is -2.24. The molecule has 0 spiro atoms. The Kier molecular flexibility index (Phi) is 5.97. The van der Waals surface area contributed by atoms with E-state index in [1.54, 1.807) is 78.9 Å². The lowest BCUT2D eigenvalue weighted by Gasteiger charge is -2.19. The Morgan fingerprint density at radius 3 is 1.96 bits per heavy atom. The third-order valence-corrected chi connectivity index (χ3v) is 3.97. The largest absolute Gasteiger partial charge is 0.473 e. The highest BCUT2D eigenvalue weighted by atomic mass is 16.6. The molecule has 0 heterocycles. The normalized spacial score (nSPS) is 11.3. The van der Waals surface area contributed by atoms with Crippen LogP contribution in [0.25, 0.3) is 0 Å². The lowest BCUT2D eigenvalue weighted by molar-refractivity contribution is -0.163. The van der Waals surface area contributed by atoms with Crippen molar-refractivity contribution in [2.75, 3.05) is 0 Å². The van der Waals surface area contributed by atoms with Crippen LogP contribution < -0.4 is 4.74 Å². The molecule has 3 rings (SSSR count). The monoisotopic (exact) mass is 374 g/mol. The van der Waals surface area contributed by atoms with Gasteiger partial charge in [-0.05, 0) is 12.1 Å². The molecule has 3 aromatic carbocycles. The molecule has 5 nitrogen and oxygen atoms in total. The van der Waals surface area contributed by atoms with Gasteiger partial charge >= 0.3 is 11.9 Å². The van der Waals surface area contributed by atoms with Crippen LogP contribution in [-0.4, -0.2) is 17.7 Å². The maximum absolute atomic E-state index is 12.9. The number of ether oxygens (including phenoxy) is 2. The molecule has 28 heavy (non-hydrogen) atoms. The summed E-state index contributed by atoms with van der Waals surface area (Å²) in [6, 6.07) is 24.1. The summed E-state index contributed by atoms with van der Waals surface area (Å²) in [6.07, 6.45) is -1.19. The van der Waals surface area contributed by atoms with Crippen molar-refractivity contribution >= 4 is 17.7 Å². The summed E-state index contributed by atoms with van der Waals surface area (Å²) >= 11 is 0. The van der Waals surface area contributed by atoms with Crippen molar-refractivity contribution in [3.05, 3.63) is 102 Å². The van der Waals surface area contributed by atoms with E-state index in [9.17, 15) is 14.4 Å². The molecule has 0 bridgehead atoms. The minimum Gasteiger partial charge on any atom is -0.473 e. The zero-order chi connectivity index (χ0) is 19.9. The molecule has 0 N–H and O–H groups in total. The highest BCUT2D eigenvalue weighted by molar-refractivity contribution is 6.10. The predicted molar refractivity (Wildman–Crippen MR) is 103 cm³/mol. The molecule has 5 heteroatoms. The molecular formula is C23H18O5. The number of rotatable bonds is 6. The summed E-state index contributed by atoms with van der Waals surface area (Å²) in [5.41, 5.74) is 1.32. The number of esters is 2. The van der Waals surface area contributed by atoms with Crippen LogP contribution >= 0.6 is 0 Å². The van der Waals surface area contributed by atoms with Gasteiger partial charge in [-0.2, -0.15) is 0 Å². The Labute approximate surface area is 162 Å². The van der Waals surface area contributed by atoms with Crippen LogP contribution in [0.2, 0.25) is 0 Å². The molecule has 0 saturated heterocycles. The predicted octanol–water partition coefficient (Wildman–Crippen LogP) is 4.13. The van der Waals surface area contributed by atoms with E-state index < -0.39 is 18.0 Å². The average Bonchev–Trinajstić information content (AvgIpc) is 2.72. The summed E-state index contributed by atoms with van der Waals surface area (Å²) in [5, 5.41) is 0. The van der Waals surface area contributed by atoms with Crippen molar-refractivity contribution in [1.82, 2.24) is 0 Å². The molecule has 140 valence electrons. The molecule has 0 aliphatic heterocycles. The highest BCUT2D eigenvalue weighted by Gasteiger charge is 2.27. The fourth-order valence-electron chi connectivity index (χ4n) is 2.70.